The molecule has 0 aliphatic carbocycles. The van der Waals surface area contributed by atoms with Crippen LogP contribution in [0, 0.1) is 19.3 Å². The summed E-state index contributed by atoms with van der Waals surface area (Å²) in [7, 11) is 1.40. The van der Waals surface area contributed by atoms with Crippen molar-refractivity contribution >= 4 is 29.4 Å². The van der Waals surface area contributed by atoms with Crippen molar-refractivity contribution < 1.29 is 9.63 Å². The average Bonchev–Trinajstić information content (AvgIpc) is 2.78. The molecular weight excluding hydrogens is 442 g/mol. The van der Waals surface area contributed by atoms with E-state index in [4.69, 9.17) is 4.84 Å². The molecule has 35 heavy (non-hydrogen) atoms. The topological polar surface area (TPSA) is 113 Å². The highest BCUT2D eigenvalue weighted by Gasteiger charge is 2.21. The van der Waals surface area contributed by atoms with E-state index in [2.05, 4.69) is 89.2 Å². The summed E-state index contributed by atoms with van der Waals surface area (Å²) in [6.07, 6.45) is 0. The zero-order chi connectivity index (χ0) is 25.6. The predicted molar refractivity (Wildman–Crippen MR) is 140 cm³/mol. The zero-order valence-electron chi connectivity index (χ0n) is 21.5. The van der Waals surface area contributed by atoms with Gasteiger partial charge in [0.15, 0.2) is 0 Å². The molecule has 186 valence electrons. The molecule has 9 nitrogen and oxygen atoms in total. The maximum Gasteiger partial charge on any atom is 0.274 e. The first-order valence-corrected chi connectivity index (χ1v) is 11.6. The number of benzene rings is 2. The van der Waals surface area contributed by atoms with Crippen LogP contribution in [-0.2, 0) is 11.4 Å². The van der Waals surface area contributed by atoms with E-state index in [1.54, 1.807) is 12.1 Å². The van der Waals surface area contributed by atoms with Crippen LogP contribution in [0.1, 0.15) is 54.7 Å². The standard InChI is InChI=1S/C26H35N7O2/c1-16-9-8-10-19(13-16)15-27-23-30-24(28-18(3)26(4,5)6)32-25(31-23)29-21-14-20(12-11-17(21)2)22(34)33-35-7/h8-14,18H,15H2,1-7H3,(H,33,34)(H3,27,28,29,30,31,32)/t18-/m1/s1. The first-order valence-electron chi connectivity index (χ1n) is 11.6. The molecule has 0 radical (unpaired) electrons. The van der Waals surface area contributed by atoms with E-state index in [9.17, 15) is 4.79 Å². The Kier molecular flexibility index (Phi) is 8.24. The van der Waals surface area contributed by atoms with E-state index < -0.39 is 0 Å². The quantitative estimate of drug-likeness (QED) is 0.319. The number of carbonyl (C=O) groups is 1. The SMILES string of the molecule is CONC(=O)c1ccc(C)c(Nc2nc(NCc3cccc(C)c3)nc(N[C@H](C)C(C)(C)C)n2)c1. The lowest BCUT2D eigenvalue weighted by molar-refractivity contribution is 0.0537. The molecule has 0 saturated heterocycles. The van der Waals surface area contributed by atoms with Crippen molar-refractivity contribution in [2.24, 2.45) is 5.41 Å². The third kappa shape index (κ3) is 7.38. The van der Waals surface area contributed by atoms with E-state index in [-0.39, 0.29) is 17.4 Å². The smallest absolute Gasteiger partial charge is 0.274 e. The molecule has 3 rings (SSSR count). The largest absolute Gasteiger partial charge is 0.351 e. The van der Waals surface area contributed by atoms with E-state index in [1.165, 1.54) is 12.7 Å². The molecule has 0 saturated carbocycles. The van der Waals surface area contributed by atoms with Gasteiger partial charge in [-0.15, -0.1) is 0 Å². The fraction of sp³-hybridized carbons (Fsp3) is 0.385. The molecule has 0 aliphatic rings. The van der Waals surface area contributed by atoms with Crippen molar-refractivity contribution in [2.45, 2.75) is 54.1 Å². The minimum absolute atomic E-state index is 0.00894. The Morgan fingerprint density at radius 3 is 2.40 bits per heavy atom. The second kappa shape index (κ2) is 11.1. The minimum Gasteiger partial charge on any atom is -0.351 e. The number of aryl methyl sites for hydroxylation is 2. The summed E-state index contributed by atoms with van der Waals surface area (Å²) in [6, 6.07) is 13.7. The highest BCUT2D eigenvalue weighted by molar-refractivity contribution is 5.94. The van der Waals surface area contributed by atoms with Crippen molar-refractivity contribution in [3.8, 4) is 0 Å². The molecule has 0 fully saturated rings. The van der Waals surface area contributed by atoms with E-state index in [0.29, 0.717) is 35.6 Å². The Morgan fingerprint density at radius 1 is 1.00 bits per heavy atom. The molecule has 1 atom stereocenters. The van der Waals surface area contributed by atoms with Crippen LogP contribution in [0.15, 0.2) is 42.5 Å². The van der Waals surface area contributed by atoms with Gasteiger partial charge in [-0.1, -0.05) is 56.7 Å². The number of nitrogens with zero attached hydrogens (tertiary/aromatic N) is 3. The van der Waals surface area contributed by atoms with Gasteiger partial charge in [-0.25, -0.2) is 5.48 Å². The lowest BCUT2D eigenvalue weighted by Gasteiger charge is -2.28. The fourth-order valence-corrected chi connectivity index (χ4v) is 3.16. The second-order valence-corrected chi connectivity index (χ2v) is 9.67. The summed E-state index contributed by atoms with van der Waals surface area (Å²) in [5, 5.41) is 9.95. The van der Waals surface area contributed by atoms with Gasteiger partial charge in [0.05, 0.1) is 7.11 Å². The van der Waals surface area contributed by atoms with E-state index >= 15 is 0 Å². The summed E-state index contributed by atoms with van der Waals surface area (Å²) >= 11 is 0. The minimum atomic E-state index is -0.340. The molecule has 1 heterocycles. The Bertz CT molecular complexity index is 1170. The molecular formula is C26H35N7O2. The Labute approximate surface area is 207 Å². The van der Waals surface area contributed by atoms with Crippen molar-refractivity contribution in [1.82, 2.24) is 20.4 Å². The lowest BCUT2D eigenvalue weighted by Crippen LogP contribution is -2.31. The number of hydroxylamine groups is 1. The van der Waals surface area contributed by atoms with Crippen LogP contribution in [0.5, 0.6) is 0 Å². The predicted octanol–water partition coefficient (Wildman–Crippen LogP) is 4.98. The van der Waals surface area contributed by atoms with Gasteiger partial charge in [-0.3, -0.25) is 9.63 Å². The Hall–Kier alpha value is -3.72. The van der Waals surface area contributed by atoms with Gasteiger partial charge < -0.3 is 16.0 Å². The van der Waals surface area contributed by atoms with Crippen LogP contribution in [-0.4, -0.2) is 34.0 Å². The van der Waals surface area contributed by atoms with Crippen molar-refractivity contribution in [1.29, 1.82) is 0 Å². The van der Waals surface area contributed by atoms with Gasteiger partial charge in [0.1, 0.15) is 0 Å². The van der Waals surface area contributed by atoms with Crippen molar-refractivity contribution in [3.63, 3.8) is 0 Å². The van der Waals surface area contributed by atoms with E-state index in [1.807, 2.05) is 19.1 Å². The molecule has 1 aromatic heterocycles. The number of rotatable bonds is 9. The highest BCUT2D eigenvalue weighted by atomic mass is 16.6. The van der Waals surface area contributed by atoms with Crippen molar-refractivity contribution in [2.75, 3.05) is 23.1 Å². The average molecular weight is 478 g/mol. The maximum absolute atomic E-state index is 12.2. The van der Waals surface area contributed by atoms with Gasteiger partial charge in [-0.05, 0) is 49.4 Å². The molecule has 0 bridgehead atoms. The maximum atomic E-state index is 12.2. The summed E-state index contributed by atoms with van der Waals surface area (Å²) in [5.74, 6) is 0.928. The van der Waals surface area contributed by atoms with Crippen molar-refractivity contribution in [3.05, 3.63) is 64.7 Å². The van der Waals surface area contributed by atoms with Crippen LogP contribution in [0.4, 0.5) is 23.5 Å². The van der Waals surface area contributed by atoms with Gasteiger partial charge in [0.25, 0.3) is 5.91 Å². The lowest BCUT2D eigenvalue weighted by atomic mass is 9.88. The number of nitrogens with one attached hydrogen (secondary N) is 4. The van der Waals surface area contributed by atoms with Crippen LogP contribution in [0.3, 0.4) is 0 Å². The normalized spacial score (nSPS) is 12.1. The Morgan fingerprint density at radius 2 is 1.71 bits per heavy atom. The molecule has 0 spiro atoms. The molecule has 1 amide bonds. The number of anilines is 4. The van der Waals surface area contributed by atoms with Crippen LogP contribution in [0.2, 0.25) is 0 Å². The number of amides is 1. The third-order valence-electron chi connectivity index (χ3n) is 5.75. The van der Waals surface area contributed by atoms with Gasteiger partial charge in [0.2, 0.25) is 17.8 Å². The summed E-state index contributed by atoms with van der Waals surface area (Å²) in [6.45, 7) is 13.1. The molecule has 4 N–H and O–H groups in total. The van der Waals surface area contributed by atoms with Crippen LogP contribution >= 0.6 is 0 Å². The second-order valence-electron chi connectivity index (χ2n) is 9.67. The van der Waals surface area contributed by atoms with Crippen LogP contribution in [0.25, 0.3) is 0 Å². The number of hydrogen-bond donors (Lipinski definition) is 4. The Balaban J connectivity index is 1.90. The number of carbonyl (C=O) groups excluding carboxylic acids is 1. The third-order valence-corrected chi connectivity index (χ3v) is 5.75. The fourth-order valence-electron chi connectivity index (χ4n) is 3.16. The first kappa shape index (κ1) is 25.9. The van der Waals surface area contributed by atoms with Gasteiger partial charge in [0, 0.05) is 23.8 Å². The highest BCUT2D eigenvalue weighted by Crippen LogP contribution is 2.24. The zero-order valence-corrected chi connectivity index (χ0v) is 21.5. The summed E-state index contributed by atoms with van der Waals surface area (Å²) in [5.41, 5.74) is 6.76. The molecule has 2 aromatic carbocycles. The summed E-state index contributed by atoms with van der Waals surface area (Å²) in [4.78, 5) is 30.7. The molecule has 0 aliphatic heterocycles. The number of hydrogen-bond acceptors (Lipinski definition) is 8. The van der Waals surface area contributed by atoms with Gasteiger partial charge >= 0.3 is 0 Å². The van der Waals surface area contributed by atoms with Gasteiger partial charge in [-0.2, -0.15) is 15.0 Å². The van der Waals surface area contributed by atoms with E-state index in [0.717, 1.165) is 11.1 Å². The molecule has 9 heteroatoms. The first-order chi connectivity index (χ1) is 16.5. The monoisotopic (exact) mass is 477 g/mol. The summed E-state index contributed by atoms with van der Waals surface area (Å²) < 4.78 is 0. The molecule has 3 aromatic rings. The van der Waals surface area contributed by atoms with Crippen LogP contribution < -0.4 is 21.4 Å². The number of aromatic nitrogens is 3. The molecule has 0 unspecified atom stereocenters.